The van der Waals surface area contributed by atoms with Crippen molar-refractivity contribution >= 4 is 34.2 Å². The van der Waals surface area contributed by atoms with Gasteiger partial charge in [0.25, 0.3) is 0 Å². The fourth-order valence-corrected chi connectivity index (χ4v) is 4.26. The minimum absolute atomic E-state index is 0.124. The molecule has 0 radical (unpaired) electrons. The van der Waals surface area contributed by atoms with Crippen LogP contribution in [-0.4, -0.2) is 61.5 Å². The second-order valence-electron chi connectivity index (χ2n) is 7.07. The second-order valence-corrected chi connectivity index (χ2v) is 7.77. The Morgan fingerprint density at radius 1 is 1.27 bits per heavy atom. The predicted molar refractivity (Wildman–Crippen MR) is 104 cm³/mol. The van der Waals surface area contributed by atoms with Crippen LogP contribution in [0.4, 0.5) is 0 Å². The molecule has 9 heteroatoms. The molecule has 1 aliphatic rings. The first-order valence-corrected chi connectivity index (χ1v) is 9.92. The standard InChI is InChI=1S/C17H26Cl2N6O/c1-11(25-15-14(10-21-25)22-17(19)23-16(15)18)6-7-24(8-9-26)13-4-2-12(20)3-5-13/h10-13,26H,2-9,20H2,1H3/t11?,12-,13-. The van der Waals surface area contributed by atoms with E-state index in [9.17, 15) is 5.11 Å². The van der Waals surface area contributed by atoms with Gasteiger partial charge in [-0.05, 0) is 50.6 Å². The molecule has 3 N–H and O–H groups in total. The zero-order valence-corrected chi connectivity index (χ0v) is 16.5. The van der Waals surface area contributed by atoms with Crippen molar-refractivity contribution in [3.63, 3.8) is 0 Å². The normalized spacial score (nSPS) is 22.2. The molecule has 0 spiro atoms. The highest BCUT2D eigenvalue weighted by Gasteiger charge is 2.25. The molecule has 2 heterocycles. The fraction of sp³-hybridized carbons (Fsp3) is 0.706. The van der Waals surface area contributed by atoms with Gasteiger partial charge in [0.15, 0.2) is 5.15 Å². The van der Waals surface area contributed by atoms with Crippen LogP contribution in [0.2, 0.25) is 10.4 Å². The summed E-state index contributed by atoms with van der Waals surface area (Å²) in [6, 6.07) is 0.946. The number of hydrogen-bond donors (Lipinski definition) is 2. The molecule has 1 saturated carbocycles. The van der Waals surface area contributed by atoms with Gasteiger partial charge in [0, 0.05) is 25.2 Å². The van der Waals surface area contributed by atoms with Gasteiger partial charge in [0.2, 0.25) is 5.28 Å². The summed E-state index contributed by atoms with van der Waals surface area (Å²) in [7, 11) is 0. The Morgan fingerprint density at radius 2 is 2.00 bits per heavy atom. The van der Waals surface area contributed by atoms with Crippen LogP contribution in [0.5, 0.6) is 0 Å². The molecule has 1 fully saturated rings. The van der Waals surface area contributed by atoms with Gasteiger partial charge < -0.3 is 10.8 Å². The van der Waals surface area contributed by atoms with E-state index in [1.54, 1.807) is 6.20 Å². The summed E-state index contributed by atoms with van der Waals surface area (Å²) < 4.78 is 1.86. The van der Waals surface area contributed by atoms with Crippen LogP contribution in [0, 0.1) is 0 Å². The molecule has 0 amide bonds. The van der Waals surface area contributed by atoms with Crippen molar-refractivity contribution in [2.45, 2.75) is 57.2 Å². The number of rotatable bonds is 7. The second kappa shape index (κ2) is 8.80. The maximum absolute atomic E-state index is 9.44. The first kappa shape index (κ1) is 19.8. The Bertz CT molecular complexity index is 731. The van der Waals surface area contributed by atoms with E-state index in [1.165, 1.54) is 0 Å². The molecular weight excluding hydrogens is 375 g/mol. The van der Waals surface area contributed by atoms with Gasteiger partial charge in [-0.3, -0.25) is 9.58 Å². The Morgan fingerprint density at radius 3 is 2.69 bits per heavy atom. The highest BCUT2D eigenvalue weighted by Crippen LogP contribution is 2.27. The number of hydrogen-bond acceptors (Lipinski definition) is 6. The third kappa shape index (κ3) is 4.46. The van der Waals surface area contributed by atoms with Crippen LogP contribution in [-0.2, 0) is 0 Å². The number of nitrogens with two attached hydrogens (primary N) is 1. The Labute approximate surface area is 163 Å². The Balaban J connectivity index is 1.68. The van der Waals surface area contributed by atoms with E-state index in [1.807, 2.05) is 4.68 Å². The van der Waals surface area contributed by atoms with E-state index in [-0.39, 0.29) is 17.9 Å². The van der Waals surface area contributed by atoms with E-state index in [2.05, 4.69) is 26.9 Å². The van der Waals surface area contributed by atoms with Crippen LogP contribution in [0.25, 0.3) is 11.0 Å². The molecule has 0 aromatic carbocycles. The Hall–Kier alpha value is -0.990. The van der Waals surface area contributed by atoms with Crippen molar-refractivity contribution < 1.29 is 5.11 Å². The SMILES string of the molecule is CC(CCN(CCO)[C@H]1CC[C@H](N)CC1)n1ncc2nc(Cl)nc(Cl)c21. The van der Waals surface area contributed by atoms with E-state index < -0.39 is 0 Å². The van der Waals surface area contributed by atoms with Crippen molar-refractivity contribution in [1.29, 1.82) is 0 Å². The summed E-state index contributed by atoms with van der Waals surface area (Å²) in [5, 5.41) is 14.3. The smallest absolute Gasteiger partial charge is 0.224 e. The van der Waals surface area contributed by atoms with E-state index >= 15 is 0 Å². The molecule has 3 rings (SSSR count). The van der Waals surface area contributed by atoms with Crippen molar-refractivity contribution in [2.75, 3.05) is 19.7 Å². The van der Waals surface area contributed by atoms with Crippen LogP contribution >= 0.6 is 23.2 Å². The average molecular weight is 401 g/mol. The topological polar surface area (TPSA) is 93.1 Å². The maximum Gasteiger partial charge on any atom is 0.224 e. The third-order valence-corrected chi connectivity index (χ3v) is 5.70. The minimum Gasteiger partial charge on any atom is -0.395 e. The summed E-state index contributed by atoms with van der Waals surface area (Å²) in [5.74, 6) is 0. The lowest BCUT2D eigenvalue weighted by Gasteiger charge is -2.36. The van der Waals surface area contributed by atoms with Gasteiger partial charge in [-0.2, -0.15) is 5.10 Å². The number of fused-ring (bicyclic) bond motifs is 1. The first-order valence-electron chi connectivity index (χ1n) is 9.16. The fourth-order valence-electron chi connectivity index (χ4n) is 3.77. The zero-order chi connectivity index (χ0) is 18.7. The van der Waals surface area contributed by atoms with Crippen molar-refractivity contribution in [2.24, 2.45) is 5.73 Å². The molecule has 1 unspecified atom stereocenters. The number of halogens is 2. The van der Waals surface area contributed by atoms with Crippen LogP contribution in [0.15, 0.2) is 6.20 Å². The Kier molecular flexibility index (Phi) is 6.69. The molecule has 0 saturated heterocycles. The van der Waals surface area contributed by atoms with Crippen molar-refractivity contribution in [3.05, 3.63) is 16.6 Å². The summed E-state index contributed by atoms with van der Waals surface area (Å²) in [4.78, 5) is 10.6. The molecule has 144 valence electrons. The quantitative estimate of drug-likeness (QED) is 0.547. The largest absolute Gasteiger partial charge is 0.395 e. The molecule has 1 atom stereocenters. The predicted octanol–water partition coefficient (Wildman–Crippen LogP) is 2.65. The van der Waals surface area contributed by atoms with Crippen LogP contribution < -0.4 is 5.73 Å². The first-order chi connectivity index (χ1) is 12.5. The summed E-state index contributed by atoms with van der Waals surface area (Å²) in [6.45, 7) is 3.84. The highest BCUT2D eigenvalue weighted by molar-refractivity contribution is 6.35. The molecule has 0 bridgehead atoms. The van der Waals surface area contributed by atoms with Gasteiger partial charge in [-0.1, -0.05) is 11.6 Å². The molecule has 0 aliphatic heterocycles. The average Bonchev–Trinajstić information content (AvgIpc) is 3.03. The highest BCUT2D eigenvalue weighted by atomic mass is 35.5. The lowest BCUT2D eigenvalue weighted by molar-refractivity contribution is 0.114. The monoisotopic (exact) mass is 400 g/mol. The molecule has 2 aromatic rings. The minimum atomic E-state index is 0.124. The number of nitrogens with zero attached hydrogens (tertiary/aromatic N) is 5. The number of aliphatic hydroxyl groups is 1. The number of aliphatic hydroxyl groups excluding tert-OH is 1. The van der Waals surface area contributed by atoms with Gasteiger partial charge in [-0.25, -0.2) is 9.97 Å². The van der Waals surface area contributed by atoms with Gasteiger partial charge in [-0.15, -0.1) is 0 Å². The van der Waals surface area contributed by atoms with Gasteiger partial charge in [0.1, 0.15) is 11.0 Å². The lowest BCUT2D eigenvalue weighted by Crippen LogP contribution is -2.43. The molecule has 7 nitrogen and oxygen atoms in total. The van der Waals surface area contributed by atoms with E-state index in [0.29, 0.717) is 34.8 Å². The summed E-state index contributed by atoms with van der Waals surface area (Å²) in [6.07, 6.45) is 6.85. The van der Waals surface area contributed by atoms with Crippen molar-refractivity contribution in [3.8, 4) is 0 Å². The van der Waals surface area contributed by atoms with Crippen LogP contribution in [0.3, 0.4) is 0 Å². The van der Waals surface area contributed by atoms with Crippen molar-refractivity contribution in [1.82, 2.24) is 24.6 Å². The molecular formula is C17H26Cl2N6O. The van der Waals surface area contributed by atoms with Gasteiger partial charge in [0.05, 0.1) is 18.8 Å². The van der Waals surface area contributed by atoms with Gasteiger partial charge >= 0.3 is 0 Å². The summed E-state index contributed by atoms with van der Waals surface area (Å²) >= 11 is 12.1. The van der Waals surface area contributed by atoms with E-state index in [4.69, 9.17) is 28.9 Å². The molecule has 1 aliphatic carbocycles. The molecule has 26 heavy (non-hydrogen) atoms. The van der Waals surface area contributed by atoms with Crippen LogP contribution in [0.1, 0.15) is 45.1 Å². The molecule has 2 aromatic heterocycles. The summed E-state index contributed by atoms with van der Waals surface area (Å²) in [5.41, 5.74) is 7.38. The lowest BCUT2D eigenvalue weighted by atomic mass is 9.90. The third-order valence-electron chi connectivity index (χ3n) is 5.27. The number of aromatic nitrogens is 4. The zero-order valence-electron chi connectivity index (χ0n) is 15.0. The van der Waals surface area contributed by atoms with E-state index in [0.717, 1.165) is 38.6 Å². The maximum atomic E-state index is 9.44.